The molecule has 0 fully saturated rings. The number of hydrogen-bond donors (Lipinski definition) is 2. The third-order valence-corrected chi connectivity index (χ3v) is 3.47. The largest absolute Gasteiger partial charge is 0.494 e. The van der Waals surface area contributed by atoms with Gasteiger partial charge in [0.1, 0.15) is 0 Å². The van der Waals surface area contributed by atoms with Crippen LogP contribution in [0.2, 0.25) is 0 Å². The van der Waals surface area contributed by atoms with Crippen LogP contribution in [0.15, 0.2) is 28.8 Å². The second-order valence-electron chi connectivity index (χ2n) is 5.07. The van der Waals surface area contributed by atoms with Crippen LogP contribution in [0, 0.1) is 5.82 Å². The number of halogens is 1. The van der Waals surface area contributed by atoms with Crippen molar-refractivity contribution >= 4 is 17.3 Å². The van der Waals surface area contributed by atoms with Crippen molar-refractivity contribution in [2.24, 2.45) is 16.5 Å². The number of aliphatic imine (C=N–C) groups is 1. The summed E-state index contributed by atoms with van der Waals surface area (Å²) >= 11 is 0. The first-order valence-corrected chi connectivity index (χ1v) is 6.79. The maximum absolute atomic E-state index is 13.5. The van der Waals surface area contributed by atoms with Gasteiger partial charge in [0.15, 0.2) is 11.6 Å². The summed E-state index contributed by atoms with van der Waals surface area (Å²) in [6, 6.07) is 4.14. The summed E-state index contributed by atoms with van der Waals surface area (Å²) in [4.78, 5) is 18.2. The highest BCUT2D eigenvalue weighted by Crippen LogP contribution is 2.23. The Morgan fingerprint density at radius 1 is 1.41 bits per heavy atom. The summed E-state index contributed by atoms with van der Waals surface area (Å²) in [5, 5.41) is 0. The van der Waals surface area contributed by atoms with Crippen LogP contribution in [0.3, 0.4) is 0 Å². The number of carbonyl (C=O) groups is 1. The molecular formula is C15H19FN4O2. The Morgan fingerprint density at radius 3 is 2.73 bits per heavy atom. The van der Waals surface area contributed by atoms with Crippen molar-refractivity contribution in [3.63, 3.8) is 0 Å². The number of carbonyl (C=O) groups excluding carboxylic acids is 1. The molecule has 6 nitrogen and oxygen atoms in total. The molecule has 22 heavy (non-hydrogen) atoms. The minimum absolute atomic E-state index is 0.0481. The van der Waals surface area contributed by atoms with Gasteiger partial charge < -0.3 is 16.2 Å². The number of hydrogen-bond acceptors (Lipinski definition) is 5. The second kappa shape index (κ2) is 6.57. The van der Waals surface area contributed by atoms with Gasteiger partial charge in [-0.05, 0) is 25.2 Å². The molecule has 1 aliphatic rings. The number of amides is 1. The number of rotatable bonds is 4. The minimum Gasteiger partial charge on any atom is -0.494 e. The Kier molecular flexibility index (Phi) is 4.77. The maximum Gasteiger partial charge on any atom is 0.252 e. The highest BCUT2D eigenvalue weighted by molar-refractivity contribution is 6.26. The number of nitrogens with two attached hydrogens (primary N) is 2. The highest BCUT2D eigenvalue weighted by Gasteiger charge is 2.22. The molecule has 1 aromatic carbocycles. The molecule has 0 saturated heterocycles. The number of nitrogens with zero attached hydrogens (tertiary/aromatic N) is 2. The number of ether oxygens (including phenoxy) is 1. The van der Waals surface area contributed by atoms with E-state index in [4.69, 9.17) is 16.2 Å². The van der Waals surface area contributed by atoms with Gasteiger partial charge in [-0.1, -0.05) is 0 Å². The molecule has 1 amide bonds. The monoisotopic (exact) mass is 306 g/mol. The van der Waals surface area contributed by atoms with E-state index in [0.717, 1.165) is 6.54 Å². The zero-order valence-electron chi connectivity index (χ0n) is 12.6. The lowest BCUT2D eigenvalue weighted by molar-refractivity contribution is -0.114. The lowest BCUT2D eigenvalue weighted by Crippen LogP contribution is -2.37. The van der Waals surface area contributed by atoms with Gasteiger partial charge in [-0.25, -0.2) is 4.39 Å². The Labute approximate surface area is 128 Å². The molecule has 0 unspecified atom stereocenters. The van der Waals surface area contributed by atoms with Gasteiger partial charge in [0.05, 0.1) is 30.6 Å². The number of methoxy groups -OCH3 is 1. The predicted octanol–water partition coefficient (Wildman–Crippen LogP) is 0.376. The molecule has 0 atom stereocenters. The molecule has 0 radical (unpaired) electrons. The molecule has 1 aliphatic heterocycles. The van der Waals surface area contributed by atoms with E-state index in [1.807, 2.05) is 11.9 Å². The van der Waals surface area contributed by atoms with E-state index >= 15 is 0 Å². The van der Waals surface area contributed by atoms with Gasteiger partial charge in [-0.15, -0.1) is 0 Å². The van der Waals surface area contributed by atoms with E-state index in [9.17, 15) is 9.18 Å². The first-order chi connectivity index (χ1) is 10.4. The van der Waals surface area contributed by atoms with Gasteiger partial charge in [0.2, 0.25) is 0 Å². The van der Waals surface area contributed by atoms with Crippen molar-refractivity contribution in [1.29, 1.82) is 0 Å². The molecule has 0 aromatic heterocycles. The Balaban J connectivity index is 2.51. The quantitative estimate of drug-likeness (QED) is 0.786. The van der Waals surface area contributed by atoms with Gasteiger partial charge >= 0.3 is 0 Å². The van der Waals surface area contributed by atoms with Gasteiger partial charge in [0.25, 0.3) is 5.91 Å². The van der Waals surface area contributed by atoms with Crippen molar-refractivity contribution in [3.8, 4) is 5.75 Å². The summed E-state index contributed by atoms with van der Waals surface area (Å²) in [6.07, 6.45) is 0. The Bertz CT molecular complexity index is 655. The maximum atomic E-state index is 13.5. The fourth-order valence-corrected chi connectivity index (χ4v) is 2.30. The summed E-state index contributed by atoms with van der Waals surface area (Å²) in [7, 11) is 3.28. The van der Waals surface area contributed by atoms with Gasteiger partial charge in [0, 0.05) is 18.7 Å². The first-order valence-electron chi connectivity index (χ1n) is 6.79. The van der Waals surface area contributed by atoms with E-state index in [0.29, 0.717) is 24.4 Å². The molecule has 118 valence electrons. The number of primary amides is 1. The Morgan fingerprint density at radius 2 is 2.14 bits per heavy atom. The van der Waals surface area contributed by atoms with E-state index in [1.165, 1.54) is 25.3 Å². The summed E-state index contributed by atoms with van der Waals surface area (Å²) in [5.74, 6) is -1.11. The Hall–Kier alpha value is -2.41. The van der Waals surface area contributed by atoms with Crippen molar-refractivity contribution in [2.75, 3.05) is 33.8 Å². The first kappa shape index (κ1) is 16.0. The second-order valence-corrected chi connectivity index (χ2v) is 5.07. The average Bonchev–Trinajstić information content (AvgIpc) is 2.47. The smallest absolute Gasteiger partial charge is 0.252 e. The SMILES string of the molecule is COc1cc(C(N)=C(C(N)=O)C2=NCCN(C)C2)ccc1F. The topological polar surface area (TPSA) is 93.9 Å². The average molecular weight is 306 g/mol. The predicted molar refractivity (Wildman–Crippen MR) is 83.1 cm³/mol. The molecule has 0 bridgehead atoms. The molecular weight excluding hydrogens is 287 g/mol. The van der Waals surface area contributed by atoms with E-state index in [2.05, 4.69) is 4.99 Å². The molecule has 0 aliphatic carbocycles. The van der Waals surface area contributed by atoms with E-state index < -0.39 is 11.7 Å². The zero-order valence-corrected chi connectivity index (χ0v) is 12.6. The highest BCUT2D eigenvalue weighted by atomic mass is 19.1. The molecule has 1 aromatic rings. The number of benzene rings is 1. The van der Waals surface area contributed by atoms with Crippen molar-refractivity contribution in [2.45, 2.75) is 0 Å². The van der Waals surface area contributed by atoms with Crippen LogP contribution >= 0.6 is 0 Å². The fourth-order valence-electron chi connectivity index (χ4n) is 2.30. The van der Waals surface area contributed by atoms with Crippen molar-refractivity contribution in [1.82, 2.24) is 4.90 Å². The summed E-state index contributed by atoms with van der Waals surface area (Å²) in [5.41, 5.74) is 12.9. The van der Waals surface area contributed by atoms with Gasteiger partial charge in [-0.3, -0.25) is 14.7 Å². The van der Waals surface area contributed by atoms with Crippen LogP contribution in [0.5, 0.6) is 5.75 Å². The number of likely N-dealkylation sites (N-methyl/N-ethyl adjacent to an activating group) is 1. The summed E-state index contributed by atoms with van der Waals surface area (Å²) in [6.45, 7) is 1.86. The molecule has 0 spiro atoms. The minimum atomic E-state index is -0.658. The summed E-state index contributed by atoms with van der Waals surface area (Å²) < 4.78 is 18.4. The zero-order chi connectivity index (χ0) is 16.3. The molecule has 2 rings (SSSR count). The van der Waals surface area contributed by atoms with Crippen molar-refractivity contribution in [3.05, 3.63) is 35.2 Å². The molecule has 4 N–H and O–H groups in total. The molecule has 7 heteroatoms. The third kappa shape index (κ3) is 3.25. The van der Waals surface area contributed by atoms with Crippen LogP contribution < -0.4 is 16.2 Å². The van der Waals surface area contributed by atoms with E-state index in [-0.39, 0.29) is 17.0 Å². The fraction of sp³-hybridized carbons (Fsp3) is 0.333. The molecule has 1 heterocycles. The molecule has 0 saturated carbocycles. The lowest BCUT2D eigenvalue weighted by atomic mass is 10.0. The third-order valence-electron chi connectivity index (χ3n) is 3.47. The van der Waals surface area contributed by atoms with Crippen LogP contribution in [0.25, 0.3) is 5.70 Å². The van der Waals surface area contributed by atoms with Crippen molar-refractivity contribution < 1.29 is 13.9 Å². The van der Waals surface area contributed by atoms with Gasteiger partial charge in [-0.2, -0.15) is 0 Å². The van der Waals surface area contributed by atoms with Crippen LogP contribution in [0.1, 0.15) is 5.56 Å². The van der Waals surface area contributed by atoms with Crippen LogP contribution in [-0.4, -0.2) is 50.3 Å². The normalized spacial score (nSPS) is 16.8. The van der Waals surface area contributed by atoms with E-state index in [1.54, 1.807) is 0 Å². The lowest BCUT2D eigenvalue weighted by Gasteiger charge is -2.23. The standard InChI is InChI=1S/C15H19FN4O2/c1-20-6-5-19-11(8-20)13(15(18)21)14(17)9-3-4-10(16)12(7-9)22-2/h3-4,7H,5-6,8,17H2,1-2H3,(H2,18,21). The van der Waals surface area contributed by atoms with Crippen LogP contribution in [-0.2, 0) is 4.79 Å². The van der Waals surface area contributed by atoms with Crippen LogP contribution in [0.4, 0.5) is 4.39 Å².